The number of hydrogen-bond donors (Lipinski definition) is 1. The molecule has 1 aromatic rings. The van der Waals surface area contributed by atoms with Crippen molar-refractivity contribution in [3.63, 3.8) is 0 Å². The third-order valence-electron chi connectivity index (χ3n) is 4.75. The Morgan fingerprint density at radius 2 is 1.94 bits per heavy atom. The predicted molar refractivity (Wildman–Crippen MR) is 79.0 cm³/mol. The van der Waals surface area contributed by atoms with E-state index in [1.54, 1.807) is 0 Å². The van der Waals surface area contributed by atoms with Crippen LogP contribution < -0.4 is 5.73 Å². The maximum atomic E-state index is 6.08. The monoisotopic (exact) mass is 261 g/mol. The molecule has 98 valence electrons. The van der Waals surface area contributed by atoms with Gasteiger partial charge in [0, 0.05) is 16.2 Å². The van der Waals surface area contributed by atoms with Gasteiger partial charge in [0.1, 0.15) is 0 Å². The first kappa shape index (κ1) is 12.6. The number of benzene rings is 1. The summed E-state index contributed by atoms with van der Waals surface area (Å²) in [5.74, 6) is 0. The number of rotatable bonds is 3. The van der Waals surface area contributed by atoms with Crippen molar-refractivity contribution in [1.29, 1.82) is 0 Å². The molecule has 0 radical (unpaired) electrons. The van der Waals surface area contributed by atoms with Crippen molar-refractivity contribution in [3.8, 4) is 0 Å². The van der Waals surface area contributed by atoms with E-state index in [4.69, 9.17) is 5.73 Å². The van der Waals surface area contributed by atoms with Gasteiger partial charge in [0.05, 0.1) is 0 Å². The molecule has 2 aliphatic carbocycles. The molecule has 2 N–H and O–H groups in total. The Labute approximate surface area is 115 Å². The summed E-state index contributed by atoms with van der Waals surface area (Å²) in [6, 6.07) is 8.85. The van der Waals surface area contributed by atoms with Gasteiger partial charge in [-0.15, -0.1) is 11.8 Å². The molecule has 0 bridgehead atoms. The van der Waals surface area contributed by atoms with Gasteiger partial charge >= 0.3 is 0 Å². The topological polar surface area (TPSA) is 26.0 Å². The van der Waals surface area contributed by atoms with Gasteiger partial charge < -0.3 is 5.73 Å². The molecule has 2 saturated carbocycles. The van der Waals surface area contributed by atoms with Crippen molar-refractivity contribution in [2.75, 3.05) is 6.54 Å². The summed E-state index contributed by atoms with van der Waals surface area (Å²) < 4.78 is 0.331. The smallest absolute Gasteiger partial charge is 0.0339 e. The molecule has 0 atom stereocenters. The molecular formula is C16H23NS. The van der Waals surface area contributed by atoms with Gasteiger partial charge in [0.25, 0.3) is 0 Å². The highest BCUT2D eigenvalue weighted by molar-refractivity contribution is 8.00. The molecule has 18 heavy (non-hydrogen) atoms. The molecule has 0 unspecified atom stereocenters. The van der Waals surface area contributed by atoms with Crippen molar-refractivity contribution in [2.45, 2.75) is 55.1 Å². The third kappa shape index (κ3) is 2.21. The maximum Gasteiger partial charge on any atom is 0.0339 e. The highest BCUT2D eigenvalue weighted by Gasteiger charge is 2.54. The summed E-state index contributed by atoms with van der Waals surface area (Å²) in [5, 5.41) is 0. The van der Waals surface area contributed by atoms with Gasteiger partial charge in [0.2, 0.25) is 0 Å². The van der Waals surface area contributed by atoms with Crippen LogP contribution in [0, 0.1) is 12.3 Å². The minimum Gasteiger partial charge on any atom is -0.329 e. The Balaban J connectivity index is 1.71. The molecule has 1 spiro atoms. The molecule has 0 aromatic heterocycles. The zero-order valence-electron chi connectivity index (χ0n) is 11.2. The summed E-state index contributed by atoms with van der Waals surface area (Å²) in [6.45, 7) is 2.99. The van der Waals surface area contributed by atoms with E-state index in [1.165, 1.54) is 49.0 Å². The highest BCUT2D eigenvalue weighted by atomic mass is 32.2. The quantitative estimate of drug-likeness (QED) is 0.885. The van der Waals surface area contributed by atoms with Crippen molar-refractivity contribution < 1.29 is 0 Å². The molecule has 2 aliphatic rings. The van der Waals surface area contributed by atoms with E-state index in [9.17, 15) is 0 Å². The molecule has 0 saturated heterocycles. The summed E-state index contributed by atoms with van der Waals surface area (Å²) in [4.78, 5) is 1.40. The average molecular weight is 261 g/mol. The largest absolute Gasteiger partial charge is 0.329 e. The molecule has 2 heteroatoms. The third-order valence-corrected chi connectivity index (χ3v) is 6.13. The Morgan fingerprint density at radius 1 is 1.22 bits per heavy atom. The Hall–Kier alpha value is -0.470. The van der Waals surface area contributed by atoms with Gasteiger partial charge in [-0.25, -0.2) is 0 Å². The second-order valence-electron chi connectivity index (χ2n) is 6.37. The second-order valence-corrected chi connectivity index (χ2v) is 7.91. The lowest BCUT2D eigenvalue weighted by Gasteiger charge is -2.54. The van der Waals surface area contributed by atoms with Crippen LogP contribution in [0.15, 0.2) is 29.2 Å². The molecule has 3 rings (SSSR count). The second kappa shape index (κ2) is 4.57. The first-order valence-electron chi connectivity index (χ1n) is 7.11. The normalized spacial score (nSPS) is 24.1. The Kier molecular flexibility index (Phi) is 3.19. The summed E-state index contributed by atoms with van der Waals surface area (Å²) in [5.41, 5.74) is 8.11. The average Bonchev–Trinajstić information content (AvgIpc) is 2.77. The fourth-order valence-electron chi connectivity index (χ4n) is 3.98. The fourth-order valence-corrected chi connectivity index (χ4v) is 5.71. The lowest BCUT2D eigenvalue weighted by atomic mass is 9.60. The van der Waals surface area contributed by atoms with Crippen LogP contribution in [-0.2, 0) is 0 Å². The van der Waals surface area contributed by atoms with E-state index in [2.05, 4.69) is 31.2 Å². The summed E-state index contributed by atoms with van der Waals surface area (Å²) in [7, 11) is 0. The zero-order valence-corrected chi connectivity index (χ0v) is 12.1. The molecule has 2 fully saturated rings. The van der Waals surface area contributed by atoms with Gasteiger partial charge in [-0.05, 0) is 50.2 Å². The van der Waals surface area contributed by atoms with Crippen molar-refractivity contribution >= 4 is 11.8 Å². The van der Waals surface area contributed by atoms with Crippen LogP contribution in [0.3, 0.4) is 0 Å². The predicted octanol–water partition coefficient (Wildman–Crippen LogP) is 4.14. The Bertz CT molecular complexity index is 426. The number of nitrogens with two attached hydrogens (primary N) is 1. The van der Waals surface area contributed by atoms with Crippen molar-refractivity contribution in [3.05, 3.63) is 29.8 Å². The SMILES string of the molecule is Cc1cccc(SC2(CN)CC3(CCCC3)C2)c1. The zero-order chi connectivity index (χ0) is 12.6. The van der Waals surface area contributed by atoms with E-state index in [-0.39, 0.29) is 0 Å². The van der Waals surface area contributed by atoms with E-state index in [1.807, 2.05) is 11.8 Å². The number of thioether (sulfide) groups is 1. The van der Waals surface area contributed by atoms with Crippen LogP contribution in [0.5, 0.6) is 0 Å². The molecule has 1 nitrogen and oxygen atoms in total. The molecule has 0 heterocycles. The fraction of sp³-hybridized carbons (Fsp3) is 0.625. The van der Waals surface area contributed by atoms with Crippen LogP contribution in [0.2, 0.25) is 0 Å². The minimum atomic E-state index is 0.331. The maximum absolute atomic E-state index is 6.08. The number of hydrogen-bond acceptors (Lipinski definition) is 2. The summed E-state index contributed by atoms with van der Waals surface area (Å²) in [6.07, 6.45) is 8.46. The first-order valence-corrected chi connectivity index (χ1v) is 7.93. The molecule has 1 aromatic carbocycles. The van der Waals surface area contributed by atoms with E-state index < -0.39 is 0 Å². The Morgan fingerprint density at radius 3 is 2.56 bits per heavy atom. The lowest BCUT2D eigenvalue weighted by Crippen LogP contribution is -2.52. The standard InChI is InChI=1S/C16H23NS/c1-13-5-4-6-14(9-13)18-16(12-17)10-15(11-16)7-2-3-8-15/h4-6,9H,2-3,7-8,10-12,17H2,1H3. The van der Waals surface area contributed by atoms with E-state index in [0.29, 0.717) is 10.2 Å². The van der Waals surface area contributed by atoms with Gasteiger partial charge in [-0.3, -0.25) is 0 Å². The minimum absolute atomic E-state index is 0.331. The van der Waals surface area contributed by atoms with Crippen LogP contribution >= 0.6 is 11.8 Å². The van der Waals surface area contributed by atoms with Gasteiger partial charge in [-0.2, -0.15) is 0 Å². The first-order chi connectivity index (χ1) is 8.65. The molecule has 0 amide bonds. The van der Waals surface area contributed by atoms with E-state index >= 15 is 0 Å². The highest BCUT2D eigenvalue weighted by Crippen LogP contribution is 2.63. The van der Waals surface area contributed by atoms with Crippen molar-refractivity contribution in [2.24, 2.45) is 11.1 Å². The van der Waals surface area contributed by atoms with Crippen molar-refractivity contribution in [1.82, 2.24) is 0 Å². The van der Waals surface area contributed by atoms with Gasteiger partial charge in [-0.1, -0.05) is 30.5 Å². The van der Waals surface area contributed by atoms with Crippen LogP contribution in [0.25, 0.3) is 0 Å². The summed E-state index contributed by atoms with van der Waals surface area (Å²) >= 11 is 2.03. The van der Waals surface area contributed by atoms with E-state index in [0.717, 1.165) is 6.54 Å². The molecular weight excluding hydrogens is 238 g/mol. The number of aryl methyl sites for hydroxylation is 1. The van der Waals surface area contributed by atoms with Crippen LogP contribution in [0.4, 0.5) is 0 Å². The van der Waals surface area contributed by atoms with Gasteiger partial charge in [0.15, 0.2) is 0 Å². The van der Waals surface area contributed by atoms with Crippen LogP contribution in [-0.4, -0.2) is 11.3 Å². The van der Waals surface area contributed by atoms with Crippen LogP contribution in [0.1, 0.15) is 44.1 Å². The lowest BCUT2D eigenvalue weighted by molar-refractivity contribution is 0.0935. The molecule has 0 aliphatic heterocycles.